The van der Waals surface area contributed by atoms with E-state index < -0.39 is 5.60 Å². The summed E-state index contributed by atoms with van der Waals surface area (Å²) in [6.07, 6.45) is 4.18. The number of nitrogens with zero attached hydrogens (tertiary/aromatic N) is 3. The average Bonchev–Trinajstić information content (AvgIpc) is 3.12. The molecule has 1 heterocycles. The molecule has 1 aromatic carbocycles. The molecule has 0 bridgehead atoms. The van der Waals surface area contributed by atoms with E-state index in [4.69, 9.17) is 0 Å². The van der Waals surface area contributed by atoms with Gasteiger partial charge in [-0.25, -0.2) is 4.99 Å². The molecule has 0 saturated carbocycles. The lowest BCUT2D eigenvalue weighted by Crippen LogP contribution is -2.45. The van der Waals surface area contributed by atoms with Gasteiger partial charge in [0.25, 0.3) is 0 Å². The van der Waals surface area contributed by atoms with Gasteiger partial charge in [-0.1, -0.05) is 30.3 Å². The highest BCUT2D eigenvalue weighted by atomic mass is 127. The molecule has 1 aromatic heterocycles. The molecule has 29 heavy (non-hydrogen) atoms. The van der Waals surface area contributed by atoms with Gasteiger partial charge in [-0.15, -0.1) is 24.0 Å². The van der Waals surface area contributed by atoms with Crippen LogP contribution in [-0.2, 0) is 23.9 Å². The summed E-state index contributed by atoms with van der Waals surface area (Å²) < 4.78 is 1.64. The number of aliphatic imine (C=N–C) groups is 1. The Morgan fingerprint density at radius 1 is 1.24 bits per heavy atom. The SMILES string of the molecule is CCNC(=NCC(=O)NCCc1ccccc1)NCC(C)(O)c1cnn(C)c1.I. The summed E-state index contributed by atoms with van der Waals surface area (Å²) in [6, 6.07) is 10.0. The van der Waals surface area contributed by atoms with E-state index in [2.05, 4.69) is 26.0 Å². The van der Waals surface area contributed by atoms with Gasteiger partial charge in [-0.3, -0.25) is 9.48 Å². The van der Waals surface area contributed by atoms with Crippen molar-refractivity contribution in [3.8, 4) is 0 Å². The van der Waals surface area contributed by atoms with E-state index in [-0.39, 0.29) is 43.0 Å². The van der Waals surface area contributed by atoms with E-state index >= 15 is 0 Å². The van der Waals surface area contributed by atoms with Crippen molar-refractivity contribution in [1.29, 1.82) is 0 Å². The molecule has 0 spiro atoms. The molecule has 8 nitrogen and oxygen atoms in total. The van der Waals surface area contributed by atoms with Gasteiger partial charge in [0.1, 0.15) is 12.1 Å². The van der Waals surface area contributed by atoms with Crippen LogP contribution < -0.4 is 16.0 Å². The summed E-state index contributed by atoms with van der Waals surface area (Å²) in [5, 5.41) is 23.7. The Kier molecular flexibility index (Phi) is 10.7. The number of nitrogens with one attached hydrogen (secondary N) is 3. The van der Waals surface area contributed by atoms with Crippen molar-refractivity contribution >= 4 is 35.8 Å². The fraction of sp³-hybridized carbons (Fsp3) is 0.450. The van der Waals surface area contributed by atoms with Crippen molar-refractivity contribution in [2.24, 2.45) is 12.0 Å². The third-order valence-electron chi connectivity index (χ3n) is 4.23. The first-order valence-corrected chi connectivity index (χ1v) is 9.45. The standard InChI is InChI=1S/C20H30N6O2.HI/c1-4-21-19(24-15-20(2,28)17-12-25-26(3)14-17)23-13-18(27)22-11-10-16-8-6-5-7-9-16;/h5-9,12,14,28H,4,10-11,13,15H2,1-3H3,(H,22,27)(H2,21,23,24);1H. The maximum absolute atomic E-state index is 12.0. The van der Waals surface area contributed by atoms with Crippen LogP contribution in [0.4, 0.5) is 0 Å². The molecule has 1 atom stereocenters. The Balaban J connectivity index is 0.00000420. The molecule has 0 radical (unpaired) electrons. The number of carbonyl (C=O) groups excluding carboxylic acids is 1. The molecule has 9 heteroatoms. The average molecular weight is 514 g/mol. The molecule has 0 aliphatic carbocycles. The molecule has 4 N–H and O–H groups in total. The molecule has 1 amide bonds. The Bertz CT molecular complexity index is 776. The third-order valence-corrected chi connectivity index (χ3v) is 4.23. The second-order valence-corrected chi connectivity index (χ2v) is 6.81. The van der Waals surface area contributed by atoms with Gasteiger partial charge >= 0.3 is 0 Å². The predicted octanol–water partition coefficient (Wildman–Crippen LogP) is 1.16. The number of aliphatic hydroxyl groups is 1. The van der Waals surface area contributed by atoms with Crippen LogP contribution in [0.3, 0.4) is 0 Å². The molecule has 0 fully saturated rings. The number of hydrogen-bond donors (Lipinski definition) is 4. The molecular weight excluding hydrogens is 483 g/mol. The van der Waals surface area contributed by atoms with Crippen LogP contribution in [0.25, 0.3) is 0 Å². The monoisotopic (exact) mass is 514 g/mol. The highest BCUT2D eigenvalue weighted by molar-refractivity contribution is 14.0. The van der Waals surface area contributed by atoms with Crippen molar-refractivity contribution in [3.05, 3.63) is 53.9 Å². The van der Waals surface area contributed by atoms with Crippen LogP contribution in [0.2, 0.25) is 0 Å². The molecule has 0 aliphatic rings. The third kappa shape index (κ3) is 8.82. The van der Waals surface area contributed by atoms with Crippen LogP contribution in [0.5, 0.6) is 0 Å². The van der Waals surface area contributed by atoms with Crippen LogP contribution >= 0.6 is 24.0 Å². The topological polar surface area (TPSA) is 104 Å². The van der Waals surface area contributed by atoms with Gasteiger partial charge in [0.15, 0.2) is 5.96 Å². The number of amides is 1. The first-order chi connectivity index (χ1) is 13.4. The minimum Gasteiger partial charge on any atom is -0.383 e. The number of carbonyl (C=O) groups is 1. The second kappa shape index (κ2) is 12.4. The zero-order valence-corrected chi connectivity index (χ0v) is 19.5. The summed E-state index contributed by atoms with van der Waals surface area (Å²) in [5.74, 6) is 0.331. The van der Waals surface area contributed by atoms with Gasteiger partial charge in [0.05, 0.1) is 12.7 Å². The molecule has 2 rings (SSSR count). The minimum absolute atomic E-state index is 0. The van der Waals surface area contributed by atoms with Gasteiger partial charge < -0.3 is 21.1 Å². The maximum Gasteiger partial charge on any atom is 0.241 e. The van der Waals surface area contributed by atoms with Crippen molar-refractivity contribution in [2.75, 3.05) is 26.2 Å². The minimum atomic E-state index is -1.11. The van der Waals surface area contributed by atoms with Gasteiger partial charge in [-0.05, 0) is 25.8 Å². The van der Waals surface area contributed by atoms with Crippen molar-refractivity contribution in [2.45, 2.75) is 25.9 Å². The first kappa shape index (κ1) is 24.9. The second-order valence-electron chi connectivity index (χ2n) is 6.81. The molecular formula is C20H31IN6O2. The van der Waals surface area contributed by atoms with Crippen LogP contribution in [-0.4, -0.2) is 52.9 Å². The summed E-state index contributed by atoms with van der Waals surface area (Å²) in [5.41, 5.74) is 0.776. The number of aryl methyl sites for hydroxylation is 1. The molecule has 2 aromatic rings. The summed E-state index contributed by atoms with van der Waals surface area (Å²) in [7, 11) is 1.80. The number of benzene rings is 1. The normalized spacial score (nSPS) is 13.2. The number of halogens is 1. The van der Waals surface area contributed by atoms with Crippen molar-refractivity contribution in [3.63, 3.8) is 0 Å². The van der Waals surface area contributed by atoms with Crippen molar-refractivity contribution in [1.82, 2.24) is 25.7 Å². The Morgan fingerprint density at radius 2 is 1.97 bits per heavy atom. The van der Waals surface area contributed by atoms with Gasteiger partial charge in [0, 0.05) is 31.9 Å². The van der Waals surface area contributed by atoms with Gasteiger partial charge in [0.2, 0.25) is 5.91 Å². The zero-order valence-electron chi connectivity index (χ0n) is 17.2. The fourth-order valence-electron chi connectivity index (χ4n) is 2.60. The van der Waals surface area contributed by atoms with E-state index in [0.29, 0.717) is 24.6 Å². The lowest BCUT2D eigenvalue weighted by atomic mass is 10.00. The van der Waals surface area contributed by atoms with E-state index in [1.54, 1.807) is 31.0 Å². The van der Waals surface area contributed by atoms with E-state index in [0.717, 1.165) is 6.42 Å². The number of aromatic nitrogens is 2. The molecule has 0 aliphatic heterocycles. The van der Waals surface area contributed by atoms with Crippen molar-refractivity contribution < 1.29 is 9.90 Å². The Hall–Kier alpha value is -2.14. The lowest BCUT2D eigenvalue weighted by molar-refractivity contribution is -0.119. The highest BCUT2D eigenvalue weighted by Crippen LogP contribution is 2.18. The largest absolute Gasteiger partial charge is 0.383 e. The van der Waals surface area contributed by atoms with Crippen LogP contribution in [0.1, 0.15) is 25.0 Å². The smallest absolute Gasteiger partial charge is 0.241 e. The fourth-order valence-corrected chi connectivity index (χ4v) is 2.60. The lowest BCUT2D eigenvalue weighted by Gasteiger charge is -2.23. The number of rotatable bonds is 9. The highest BCUT2D eigenvalue weighted by Gasteiger charge is 2.25. The summed E-state index contributed by atoms with van der Waals surface area (Å²) in [6.45, 7) is 5.11. The van der Waals surface area contributed by atoms with Crippen LogP contribution in [0, 0.1) is 0 Å². The molecule has 0 saturated heterocycles. The van der Waals surface area contributed by atoms with E-state index in [1.807, 2.05) is 37.3 Å². The van der Waals surface area contributed by atoms with E-state index in [1.165, 1.54) is 5.56 Å². The predicted molar refractivity (Wildman–Crippen MR) is 125 cm³/mol. The maximum atomic E-state index is 12.0. The van der Waals surface area contributed by atoms with Crippen LogP contribution in [0.15, 0.2) is 47.7 Å². The summed E-state index contributed by atoms with van der Waals surface area (Å²) in [4.78, 5) is 16.3. The number of guanidine groups is 1. The number of hydrogen-bond acceptors (Lipinski definition) is 4. The Morgan fingerprint density at radius 3 is 2.59 bits per heavy atom. The van der Waals surface area contributed by atoms with Gasteiger partial charge in [-0.2, -0.15) is 5.10 Å². The molecule has 160 valence electrons. The Labute approximate surface area is 189 Å². The quantitative estimate of drug-likeness (QED) is 0.229. The first-order valence-electron chi connectivity index (χ1n) is 9.45. The molecule has 1 unspecified atom stereocenters. The summed E-state index contributed by atoms with van der Waals surface area (Å²) >= 11 is 0. The zero-order chi connectivity index (χ0) is 20.4. The van der Waals surface area contributed by atoms with E-state index in [9.17, 15) is 9.90 Å².